The van der Waals surface area contributed by atoms with Crippen molar-refractivity contribution in [2.75, 3.05) is 0 Å². The van der Waals surface area contributed by atoms with Crippen LogP contribution in [0.3, 0.4) is 0 Å². The lowest BCUT2D eigenvalue weighted by molar-refractivity contribution is 0.0958. The van der Waals surface area contributed by atoms with Gasteiger partial charge in [0, 0.05) is 5.02 Å². The molecule has 0 saturated heterocycles. The van der Waals surface area contributed by atoms with Crippen molar-refractivity contribution in [2.24, 2.45) is 5.10 Å². The fourth-order valence-electron chi connectivity index (χ4n) is 1.86. The number of nitrogens with zero attached hydrogens (tertiary/aromatic N) is 3. The SMILES string of the molecule is Cc1nnsc1C(=O)N/N=C\c1coc2ccc(Cl)cc2c1=O. The highest BCUT2D eigenvalue weighted by Gasteiger charge is 2.12. The Hall–Kier alpha value is -2.58. The van der Waals surface area contributed by atoms with E-state index in [-0.39, 0.29) is 11.0 Å². The van der Waals surface area contributed by atoms with Gasteiger partial charge in [-0.2, -0.15) is 5.10 Å². The third kappa shape index (κ3) is 3.13. The molecule has 0 fully saturated rings. The number of hydrazone groups is 1. The van der Waals surface area contributed by atoms with E-state index < -0.39 is 5.91 Å². The zero-order chi connectivity index (χ0) is 16.4. The largest absolute Gasteiger partial charge is 0.463 e. The number of aryl methyl sites for hydroxylation is 1. The van der Waals surface area contributed by atoms with E-state index in [2.05, 4.69) is 20.1 Å². The molecule has 0 aliphatic carbocycles. The minimum atomic E-state index is -0.443. The third-order valence-electron chi connectivity index (χ3n) is 2.99. The first-order valence-electron chi connectivity index (χ1n) is 6.39. The molecule has 0 aliphatic heterocycles. The summed E-state index contributed by atoms with van der Waals surface area (Å²) in [5, 5.41) is 8.27. The van der Waals surface area contributed by atoms with Crippen LogP contribution in [0.25, 0.3) is 11.0 Å². The van der Waals surface area contributed by atoms with Crippen molar-refractivity contribution < 1.29 is 9.21 Å². The Labute approximate surface area is 138 Å². The Morgan fingerprint density at radius 1 is 1.48 bits per heavy atom. The number of aromatic nitrogens is 2. The first kappa shape index (κ1) is 15.3. The maximum atomic E-state index is 12.3. The second-order valence-corrected chi connectivity index (χ2v) is 5.74. The number of carbonyl (C=O) groups is 1. The summed E-state index contributed by atoms with van der Waals surface area (Å²) < 4.78 is 9.01. The van der Waals surface area contributed by atoms with Gasteiger partial charge >= 0.3 is 0 Å². The van der Waals surface area contributed by atoms with E-state index in [1.807, 2.05) is 0 Å². The molecule has 1 amide bonds. The first-order valence-corrected chi connectivity index (χ1v) is 7.55. The third-order valence-corrected chi connectivity index (χ3v) is 4.05. The summed E-state index contributed by atoms with van der Waals surface area (Å²) in [5.41, 5.74) is 3.16. The maximum absolute atomic E-state index is 12.3. The van der Waals surface area contributed by atoms with Crippen molar-refractivity contribution >= 4 is 46.2 Å². The predicted molar refractivity (Wildman–Crippen MR) is 87.2 cm³/mol. The Bertz CT molecular complexity index is 980. The molecule has 0 radical (unpaired) electrons. The van der Waals surface area contributed by atoms with Crippen molar-refractivity contribution in [1.82, 2.24) is 15.0 Å². The van der Waals surface area contributed by atoms with Gasteiger partial charge in [0.25, 0.3) is 5.91 Å². The van der Waals surface area contributed by atoms with Gasteiger partial charge in [0.05, 0.1) is 22.9 Å². The van der Waals surface area contributed by atoms with Gasteiger partial charge in [0.15, 0.2) is 0 Å². The molecular formula is C14H9ClN4O3S. The lowest BCUT2D eigenvalue weighted by Gasteiger charge is -1.99. The highest BCUT2D eigenvalue weighted by atomic mass is 35.5. The first-order chi connectivity index (χ1) is 11.1. The number of amides is 1. The molecule has 1 N–H and O–H groups in total. The van der Waals surface area contributed by atoms with Gasteiger partial charge in [0.1, 0.15) is 16.7 Å². The molecule has 3 rings (SSSR count). The number of nitrogens with one attached hydrogen (secondary N) is 1. The molecule has 9 heteroatoms. The quantitative estimate of drug-likeness (QED) is 0.579. The zero-order valence-electron chi connectivity index (χ0n) is 11.7. The fraction of sp³-hybridized carbons (Fsp3) is 0.0714. The van der Waals surface area contributed by atoms with E-state index in [1.54, 1.807) is 19.1 Å². The number of hydrogen-bond donors (Lipinski definition) is 1. The summed E-state index contributed by atoms with van der Waals surface area (Å²) in [6, 6.07) is 4.76. The second kappa shape index (κ2) is 6.27. The molecule has 3 aromatic rings. The Morgan fingerprint density at radius 3 is 3.04 bits per heavy atom. The molecule has 0 spiro atoms. The van der Waals surface area contributed by atoms with Crippen molar-refractivity contribution in [3.8, 4) is 0 Å². The van der Waals surface area contributed by atoms with Gasteiger partial charge < -0.3 is 4.42 Å². The lowest BCUT2D eigenvalue weighted by atomic mass is 10.2. The minimum Gasteiger partial charge on any atom is -0.463 e. The van der Waals surface area contributed by atoms with Gasteiger partial charge in [-0.1, -0.05) is 16.1 Å². The van der Waals surface area contributed by atoms with Crippen molar-refractivity contribution in [3.05, 3.63) is 55.8 Å². The van der Waals surface area contributed by atoms with Gasteiger partial charge in [-0.05, 0) is 36.7 Å². The molecule has 0 atom stereocenters. The van der Waals surface area contributed by atoms with E-state index in [0.717, 1.165) is 11.5 Å². The van der Waals surface area contributed by atoms with Crippen molar-refractivity contribution in [1.29, 1.82) is 0 Å². The molecule has 0 aliphatic rings. The summed E-state index contributed by atoms with van der Waals surface area (Å²) in [7, 11) is 0. The molecule has 0 saturated carbocycles. The standard InChI is InChI=1S/C14H9ClN4O3S/c1-7-13(23-19-17-7)14(21)18-16-5-8-6-22-11-3-2-9(15)4-10(11)12(8)20/h2-6H,1H3,(H,18,21)/b16-5-. The molecule has 0 bridgehead atoms. The molecule has 1 aromatic carbocycles. The normalized spacial score (nSPS) is 11.2. The monoisotopic (exact) mass is 348 g/mol. The molecular weight excluding hydrogens is 340 g/mol. The highest BCUT2D eigenvalue weighted by molar-refractivity contribution is 7.07. The minimum absolute atomic E-state index is 0.194. The van der Waals surface area contributed by atoms with Gasteiger partial charge in [0.2, 0.25) is 5.43 Å². The van der Waals surface area contributed by atoms with Gasteiger partial charge in [-0.3, -0.25) is 9.59 Å². The summed E-state index contributed by atoms with van der Waals surface area (Å²) in [4.78, 5) is 24.5. The summed E-state index contributed by atoms with van der Waals surface area (Å²) in [6.07, 6.45) is 2.49. The lowest BCUT2D eigenvalue weighted by Crippen LogP contribution is -2.18. The molecule has 7 nitrogen and oxygen atoms in total. The van der Waals surface area contributed by atoms with Crippen molar-refractivity contribution in [2.45, 2.75) is 6.92 Å². The van der Waals surface area contributed by atoms with Gasteiger partial charge in [-0.25, -0.2) is 5.43 Å². The van der Waals surface area contributed by atoms with E-state index in [0.29, 0.717) is 26.6 Å². The predicted octanol–water partition coefficient (Wildman–Crippen LogP) is 2.37. The van der Waals surface area contributed by atoms with Crippen LogP contribution in [0.1, 0.15) is 20.9 Å². The van der Waals surface area contributed by atoms with E-state index >= 15 is 0 Å². The summed E-state index contributed by atoms with van der Waals surface area (Å²) in [6.45, 7) is 1.67. The molecule has 2 aromatic heterocycles. The van der Waals surface area contributed by atoms with E-state index in [9.17, 15) is 9.59 Å². The van der Waals surface area contributed by atoms with Crippen LogP contribution >= 0.6 is 23.1 Å². The van der Waals surface area contributed by atoms with Crippen LogP contribution in [-0.4, -0.2) is 21.7 Å². The van der Waals surface area contributed by atoms with Crippen LogP contribution in [0.4, 0.5) is 0 Å². The average Bonchev–Trinajstić information content (AvgIpc) is 2.96. The Balaban J connectivity index is 1.84. The van der Waals surface area contributed by atoms with Gasteiger partial charge in [-0.15, -0.1) is 5.10 Å². The number of hydrogen-bond acceptors (Lipinski definition) is 7. The second-order valence-electron chi connectivity index (χ2n) is 4.55. The van der Waals surface area contributed by atoms with Crippen LogP contribution in [-0.2, 0) is 0 Å². The van der Waals surface area contributed by atoms with Crippen molar-refractivity contribution in [3.63, 3.8) is 0 Å². The molecule has 2 heterocycles. The van der Waals surface area contributed by atoms with Crippen LogP contribution in [0, 0.1) is 6.92 Å². The number of fused-ring (bicyclic) bond motifs is 1. The topological polar surface area (TPSA) is 97.5 Å². The average molecular weight is 349 g/mol. The summed E-state index contributed by atoms with van der Waals surface area (Å²) in [5.74, 6) is -0.443. The van der Waals surface area contributed by atoms with E-state index in [4.69, 9.17) is 16.0 Å². The summed E-state index contributed by atoms with van der Waals surface area (Å²) >= 11 is 6.85. The van der Waals surface area contributed by atoms with Crippen LogP contribution < -0.4 is 10.9 Å². The Morgan fingerprint density at radius 2 is 2.30 bits per heavy atom. The maximum Gasteiger partial charge on any atom is 0.285 e. The smallest absolute Gasteiger partial charge is 0.285 e. The fourth-order valence-corrected chi connectivity index (χ4v) is 2.58. The highest BCUT2D eigenvalue weighted by Crippen LogP contribution is 2.16. The van der Waals surface area contributed by atoms with Crippen LogP contribution in [0.2, 0.25) is 5.02 Å². The zero-order valence-corrected chi connectivity index (χ0v) is 13.3. The Kier molecular flexibility index (Phi) is 4.18. The molecule has 116 valence electrons. The number of rotatable bonds is 3. The number of carbonyl (C=O) groups excluding carboxylic acids is 1. The number of halogens is 1. The molecule has 0 unspecified atom stereocenters. The number of benzene rings is 1. The van der Waals surface area contributed by atoms with E-state index in [1.165, 1.54) is 18.5 Å². The molecule has 23 heavy (non-hydrogen) atoms. The van der Waals surface area contributed by atoms with Crippen LogP contribution in [0.5, 0.6) is 0 Å². The van der Waals surface area contributed by atoms with Crippen LogP contribution in [0.15, 0.2) is 38.8 Å².